The van der Waals surface area contributed by atoms with Crippen LogP contribution < -0.4 is 15.8 Å². The summed E-state index contributed by atoms with van der Waals surface area (Å²) >= 11 is 0. The van der Waals surface area contributed by atoms with E-state index < -0.39 is 0 Å². The van der Waals surface area contributed by atoms with Crippen molar-refractivity contribution in [2.45, 2.75) is 51.2 Å². The van der Waals surface area contributed by atoms with Gasteiger partial charge in [0.25, 0.3) is 5.56 Å². The van der Waals surface area contributed by atoms with Crippen LogP contribution >= 0.6 is 0 Å². The van der Waals surface area contributed by atoms with E-state index in [4.69, 9.17) is 4.98 Å². The van der Waals surface area contributed by atoms with Gasteiger partial charge in [0.2, 0.25) is 5.95 Å². The van der Waals surface area contributed by atoms with Crippen LogP contribution in [0.1, 0.15) is 39.0 Å². The molecule has 1 saturated heterocycles. The molecule has 35 heavy (non-hydrogen) atoms. The Kier molecular flexibility index (Phi) is 5.73. The Hall–Kier alpha value is -2.97. The molecule has 2 N–H and O–H groups in total. The molecule has 6 rings (SSSR count). The average Bonchev–Trinajstić information content (AvgIpc) is 3.70. The molecule has 184 valence electrons. The van der Waals surface area contributed by atoms with Crippen molar-refractivity contribution < 1.29 is 5.11 Å². The fourth-order valence-electron chi connectivity index (χ4n) is 5.29. The van der Waals surface area contributed by atoms with Gasteiger partial charge in [-0.2, -0.15) is 4.98 Å². The Balaban J connectivity index is 1.50. The summed E-state index contributed by atoms with van der Waals surface area (Å²) < 4.78 is 1.77. The third-order valence-corrected chi connectivity index (χ3v) is 7.92. The Morgan fingerprint density at radius 3 is 2.74 bits per heavy atom. The zero-order valence-electron chi connectivity index (χ0n) is 20.6. The zero-order chi connectivity index (χ0) is 24.1. The predicted molar refractivity (Wildman–Crippen MR) is 141 cm³/mol. The van der Waals surface area contributed by atoms with Crippen LogP contribution in [0.2, 0.25) is 0 Å². The molecule has 3 aromatic rings. The zero-order valence-corrected chi connectivity index (χ0v) is 20.6. The van der Waals surface area contributed by atoms with Gasteiger partial charge in [0, 0.05) is 55.2 Å². The van der Waals surface area contributed by atoms with E-state index in [-0.39, 0.29) is 11.7 Å². The van der Waals surface area contributed by atoms with Crippen molar-refractivity contribution in [2.24, 2.45) is 5.92 Å². The van der Waals surface area contributed by atoms with Crippen molar-refractivity contribution >= 4 is 39.1 Å². The molecule has 2 aliphatic carbocycles. The standard InChI is InChI=1S/C27H34N6O2/c1-17-16-32(12-11-31(17)2)20-7-10-22-23(13-20)26(35)33(19-5-8-21(34)9-6-19)25-24(22)15-29-27(30-25)28-14-18-3-4-18/h5,7,10,13,15,17-18,21,34H,3-4,6,8-9,11-12,14,16H2,1-2H3,(H,28,29,30)/t17-,21-/m1/s1. The van der Waals surface area contributed by atoms with Gasteiger partial charge in [0.1, 0.15) is 0 Å². The first kappa shape index (κ1) is 22.5. The minimum atomic E-state index is -0.350. The monoisotopic (exact) mass is 474 g/mol. The number of hydrogen-bond donors (Lipinski definition) is 2. The molecule has 1 saturated carbocycles. The molecule has 8 nitrogen and oxygen atoms in total. The Bertz CT molecular complexity index is 1360. The Morgan fingerprint density at radius 1 is 1.14 bits per heavy atom. The van der Waals surface area contributed by atoms with Crippen LogP contribution in [0.5, 0.6) is 0 Å². The van der Waals surface area contributed by atoms with Gasteiger partial charge in [-0.15, -0.1) is 0 Å². The molecule has 2 atom stereocenters. The number of nitrogens with one attached hydrogen (secondary N) is 1. The largest absolute Gasteiger partial charge is 0.393 e. The Morgan fingerprint density at radius 2 is 2.00 bits per heavy atom. The fraction of sp³-hybridized carbons (Fsp3) is 0.519. The number of hydrogen-bond acceptors (Lipinski definition) is 7. The molecule has 1 aromatic carbocycles. The van der Waals surface area contributed by atoms with Crippen molar-refractivity contribution in [3.8, 4) is 0 Å². The van der Waals surface area contributed by atoms with Crippen molar-refractivity contribution in [1.29, 1.82) is 0 Å². The SMILES string of the molecule is C[C@@H]1CN(c2ccc3c(c2)c(=O)n(C2=CC[C@@H](O)CC2)c2nc(NCC4CC4)ncc32)CCN1C. The molecular formula is C27H34N6O2. The number of aliphatic hydroxyl groups is 1. The van der Waals surface area contributed by atoms with Crippen molar-refractivity contribution in [3.63, 3.8) is 0 Å². The minimum absolute atomic E-state index is 0.0500. The third-order valence-electron chi connectivity index (χ3n) is 7.92. The highest BCUT2D eigenvalue weighted by molar-refractivity contribution is 6.06. The van der Waals surface area contributed by atoms with Crippen LogP contribution in [0.25, 0.3) is 27.5 Å². The molecule has 1 aliphatic heterocycles. The topological polar surface area (TPSA) is 86.5 Å². The van der Waals surface area contributed by atoms with Gasteiger partial charge >= 0.3 is 0 Å². The number of aromatic nitrogens is 3. The fourth-order valence-corrected chi connectivity index (χ4v) is 5.29. The van der Waals surface area contributed by atoms with E-state index in [1.165, 1.54) is 12.8 Å². The van der Waals surface area contributed by atoms with Crippen molar-refractivity contribution in [1.82, 2.24) is 19.4 Å². The van der Waals surface area contributed by atoms with Gasteiger partial charge < -0.3 is 20.2 Å². The van der Waals surface area contributed by atoms with Gasteiger partial charge in [-0.3, -0.25) is 9.36 Å². The maximum absolute atomic E-state index is 14.0. The van der Waals surface area contributed by atoms with Crippen LogP contribution in [-0.4, -0.2) is 69.9 Å². The highest BCUT2D eigenvalue weighted by Crippen LogP contribution is 2.31. The van der Waals surface area contributed by atoms with Crippen LogP contribution in [0.4, 0.5) is 11.6 Å². The second kappa shape index (κ2) is 8.91. The number of aliphatic hydroxyl groups excluding tert-OH is 1. The second-order valence-corrected chi connectivity index (χ2v) is 10.5. The molecule has 8 heteroatoms. The second-order valence-electron chi connectivity index (χ2n) is 10.5. The molecular weight excluding hydrogens is 440 g/mol. The number of anilines is 2. The molecule has 0 spiro atoms. The van der Waals surface area contributed by atoms with Gasteiger partial charge in [0.05, 0.1) is 11.5 Å². The van der Waals surface area contributed by atoms with Crippen molar-refractivity contribution in [3.05, 3.63) is 40.8 Å². The van der Waals surface area contributed by atoms with Crippen LogP contribution in [-0.2, 0) is 0 Å². The molecule has 0 radical (unpaired) electrons. The number of piperazine rings is 1. The number of likely N-dealkylation sites (N-methyl/N-ethyl adjacent to an activating group) is 1. The van der Waals surface area contributed by atoms with Gasteiger partial charge in [-0.05, 0) is 69.5 Å². The predicted octanol–water partition coefficient (Wildman–Crippen LogP) is 3.29. The summed E-state index contributed by atoms with van der Waals surface area (Å²) in [5, 5.41) is 15.9. The highest BCUT2D eigenvalue weighted by atomic mass is 16.3. The van der Waals surface area contributed by atoms with E-state index in [0.29, 0.717) is 48.2 Å². The molecule has 3 heterocycles. The number of fused-ring (bicyclic) bond motifs is 3. The number of pyridine rings is 1. The molecule has 2 aromatic heterocycles. The van der Waals surface area contributed by atoms with E-state index >= 15 is 0 Å². The van der Waals surface area contributed by atoms with E-state index in [1.54, 1.807) is 4.57 Å². The molecule has 2 fully saturated rings. The lowest BCUT2D eigenvalue weighted by Gasteiger charge is -2.39. The van der Waals surface area contributed by atoms with E-state index in [9.17, 15) is 9.90 Å². The highest BCUT2D eigenvalue weighted by Gasteiger charge is 2.24. The number of benzene rings is 1. The normalized spacial score (nSPS) is 23.6. The quantitative estimate of drug-likeness (QED) is 0.549. The average molecular weight is 475 g/mol. The first-order chi connectivity index (χ1) is 17.0. The van der Waals surface area contributed by atoms with Gasteiger partial charge in [-0.1, -0.05) is 12.1 Å². The smallest absolute Gasteiger partial charge is 0.264 e. The van der Waals surface area contributed by atoms with Gasteiger partial charge in [0.15, 0.2) is 5.65 Å². The lowest BCUT2D eigenvalue weighted by molar-refractivity contribution is 0.165. The van der Waals surface area contributed by atoms with Crippen LogP contribution in [0.15, 0.2) is 35.3 Å². The lowest BCUT2D eigenvalue weighted by atomic mass is 10.0. The van der Waals surface area contributed by atoms with E-state index in [2.05, 4.69) is 46.2 Å². The summed E-state index contributed by atoms with van der Waals surface area (Å²) in [5.74, 6) is 1.27. The summed E-state index contributed by atoms with van der Waals surface area (Å²) in [7, 11) is 2.16. The molecule has 0 amide bonds. The number of nitrogens with zero attached hydrogens (tertiary/aromatic N) is 5. The molecule has 0 unspecified atom stereocenters. The van der Waals surface area contributed by atoms with Crippen LogP contribution in [0, 0.1) is 5.92 Å². The molecule has 0 bridgehead atoms. The Labute approximate surface area is 205 Å². The summed E-state index contributed by atoms with van der Waals surface area (Å²) in [6.07, 6.45) is 7.84. The minimum Gasteiger partial charge on any atom is -0.393 e. The lowest BCUT2D eigenvalue weighted by Crippen LogP contribution is -2.50. The molecule has 3 aliphatic rings. The van der Waals surface area contributed by atoms with E-state index in [0.717, 1.165) is 48.3 Å². The summed E-state index contributed by atoms with van der Waals surface area (Å²) in [4.78, 5) is 28.2. The maximum Gasteiger partial charge on any atom is 0.264 e. The van der Waals surface area contributed by atoms with Crippen LogP contribution in [0.3, 0.4) is 0 Å². The summed E-state index contributed by atoms with van der Waals surface area (Å²) in [6, 6.07) is 6.69. The summed E-state index contributed by atoms with van der Waals surface area (Å²) in [6.45, 7) is 5.98. The van der Waals surface area contributed by atoms with E-state index in [1.807, 2.05) is 18.3 Å². The number of allylic oxidation sites excluding steroid dienone is 1. The third kappa shape index (κ3) is 4.29. The summed E-state index contributed by atoms with van der Waals surface area (Å²) in [5.41, 5.74) is 2.58. The maximum atomic E-state index is 14.0. The van der Waals surface area contributed by atoms with Gasteiger partial charge in [-0.25, -0.2) is 4.98 Å². The number of rotatable bonds is 5. The first-order valence-electron chi connectivity index (χ1n) is 12.9. The first-order valence-corrected chi connectivity index (χ1v) is 12.9. The van der Waals surface area contributed by atoms with Crippen molar-refractivity contribution in [2.75, 3.05) is 43.4 Å².